The van der Waals surface area contributed by atoms with Crippen molar-refractivity contribution >= 4 is 12.6 Å². The lowest BCUT2D eigenvalue weighted by molar-refractivity contribution is 0.285. The van der Waals surface area contributed by atoms with Gasteiger partial charge in [0, 0.05) is 11.9 Å². The van der Waals surface area contributed by atoms with E-state index >= 15 is 0 Å². The van der Waals surface area contributed by atoms with Crippen molar-refractivity contribution in [2.24, 2.45) is 5.73 Å². The fourth-order valence-electron chi connectivity index (χ4n) is 0.994. The maximum Gasteiger partial charge on any atom is 0.0441 e. The van der Waals surface area contributed by atoms with Gasteiger partial charge in [0.05, 0.1) is 0 Å². The number of hydrogen-bond acceptors (Lipinski definition) is 3. The molecule has 0 aliphatic heterocycles. The molecule has 1 atom stereocenters. The Labute approximate surface area is 74.6 Å². The van der Waals surface area contributed by atoms with Crippen LogP contribution in [0.1, 0.15) is 32.1 Å². The predicted molar refractivity (Wildman–Crippen MR) is 52.0 cm³/mol. The van der Waals surface area contributed by atoms with Gasteiger partial charge in [-0.1, -0.05) is 12.8 Å². The average Bonchev–Trinajstić information content (AvgIpc) is 1.99. The molecule has 0 aromatic carbocycles. The smallest absolute Gasteiger partial charge is 0.0441 e. The van der Waals surface area contributed by atoms with Gasteiger partial charge in [-0.25, -0.2) is 0 Å². The lowest BCUT2D eigenvalue weighted by Gasteiger charge is -2.07. The lowest BCUT2D eigenvalue weighted by Crippen LogP contribution is -2.03. The molecule has 0 aromatic heterocycles. The molecule has 0 bridgehead atoms. The van der Waals surface area contributed by atoms with Gasteiger partial charge in [-0.3, -0.25) is 0 Å². The van der Waals surface area contributed by atoms with Crippen molar-refractivity contribution in [3.8, 4) is 0 Å². The Morgan fingerprint density at radius 2 is 1.91 bits per heavy atom. The van der Waals surface area contributed by atoms with Gasteiger partial charge in [0.2, 0.25) is 0 Å². The van der Waals surface area contributed by atoms with Crippen LogP contribution in [-0.4, -0.2) is 23.5 Å². The van der Waals surface area contributed by atoms with Crippen LogP contribution >= 0.6 is 12.6 Å². The molecule has 0 spiro atoms. The van der Waals surface area contributed by atoms with Gasteiger partial charge in [0.25, 0.3) is 0 Å². The second kappa shape index (κ2) is 8.37. The largest absolute Gasteiger partial charge is 0.396 e. The van der Waals surface area contributed by atoms with E-state index < -0.39 is 0 Å². The van der Waals surface area contributed by atoms with Gasteiger partial charge >= 0.3 is 0 Å². The van der Waals surface area contributed by atoms with Gasteiger partial charge in [0.1, 0.15) is 0 Å². The second-order valence-corrected chi connectivity index (χ2v) is 3.53. The third kappa shape index (κ3) is 8.17. The van der Waals surface area contributed by atoms with Crippen molar-refractivity contribution in [3.63, 3.8) is 0 Å². The van der Waals surface area contributed by atoms with Crippen LogP contribution in [0.25, 0.3) is 0 Å². The van der Waals surface area contributed by atoms with E-state index in [4.69, 9.17) is 10.8 Å². The molecule has 0 rings (SSSR count). The van der Waals surface area contributed by atoms with Crippen LogP contribution in [0.5, 0.6) is 0 Å². The first-order chi connectivity index (χ1) is 5.31. The first kappa shape index (κ1) is 11.3. The first-order valence-electron chi connectivity index (χ1n) is 4.30. The SMILES string of the molecule is NCCCCCC(S)CCO. The van der Waals surface area contributed by atoms with Crippen LogP contribution in [0.15, 0.2) is 0 Å². The summed E-state index contributed by atoms with van der Waals surface area (Å²) in [5, 5.41) is 8.94. The Morgan fingerprint density at radius 1 is 1.18 bits per heavy atom. The minimum Gasteiger partial charge on any atom is -0.396 e. The summed E-state index contributed by atoms with van der Waals surface area (Å²) in [6.07, 6.45) is 5.40. The summed E-state index contributed by atoms with van der Waals surface area (Å²) < 4.78 is 0. The van der Waals surface area contributed by atoms with Crippen molar-refractivity contribution in [1.82, 2.24) is 0 Å². The normalized spacial score (nSPS) is 13.4. The predicted octanol–water partition coefficient (Wildman–Crippen LogP) is 1.19. The number of rotatable bonds is 7. The number of aliphatic hydroxyl groups excluding tert-OH is 1. The van der Waals surface area contributed by atoms with Crippen LogP contribution in [-0.2, 0) is 0 Å². The Bertz CT molecular complexity index is 80.5. The highest BCUT2D eigenvalue weighted by molar-refractivity contribution is 7.80. The van der Waals surface area contributed by atoms with E-state index in [-0.39, 0.29) is 6.61 Å². The number of unbranched alkanes of at least 4 members (excludes halogenated alkanes) is 2. The molecule has 3 N–H and O–H groups in total. The van der Waals surface area contributed by atoms with Crippen LogP contribution in [0.2, 0.25) is 0 Å². The summed E-state index contributed by atoms with van der Waals surface area (Å²) >= 11 is 4.32. The number of hydrogen-bond donors (Lipinski definition) is 3. The Morgan fingerprint density at radius 3 is 2.45 bits per heavy atom. The summed E-state index contributed by atoms with van der Waals surface area (Å²) in [7, 11) is 0. The molecule has 3 heteroatoms. The molecule has 0 saturated heterocycles. The highest BCUT2D eigenvalue weighted by atomic mass is 32.1. The van der Waals surface area contributed by atoms with Crippen LogP contribution in [0, 0.1) is 0 Å². The zero-order valence-electron chi connectivity index (χ0n) is 7.00. The first-order valence-corrected chi connectivity index (χ1v) is 4.82. The van der Waals surface area contributed by atoms with Crippen molar-refractivity contribution in [1.29, 1.82) is 0 Å². The Kier molecular flexibility index (Phi) is 8.57. The highest BCUT2D eigenvalue weighted by Crippen LogP contribution is 2.10. The molecular weight excluding hydrogens is 158 g/mol. The molecule has 0 amide bonds. The second-order valence-electron chi connectivity index (χ2n) is 2.80. The summed E-state index contributed by atoms with van der Waals surface area (Å²) in [4.78, 5) is 0. The zero-order valence-corrected chi connectivity index (χ0v) is 7.89. The van der Waals surface area contributed by atoms with Gasteiger partial charge in [-0.05, 0) is 25.8 Å². The summed E-state index contributed by atoms with van der Waals surface area (Å²) in [5.41, 5.74) is 5.34. The van der Waals surface area contributed by atoms with E-state index in [0.29, 0.717) is 5.25 Å². The summed E-state index contributed by atoms with van der Waals surface area (Å²) in [6, 6.07) is 0. The van der Waals surface area contributed by atoms with Gasteiger partial charge in [0.15, 0.2) is 0 Å². The van der Waals surface area contributed by atoms with Crippen LogP contribution in [0.3, 0.4) is 0 Å². The van der Waals surface area contributed by atoms with Gasteiger partial charge in [-0.15, -0.1) is 0 Å². The molecule has 1 unspecified atom stereocenters. The minimum atomic E-state index is 0.255. The minimum absolute atomic E-state index is 0.255. The van der Waals surface area contributed by atoms with Crippen molar-refractivity contribution in [2.45, 2.75) is 37.4 Å². The fraction of sp³-hybridized carbons (Fsp3) is 1.00. The fourth-order valence-corrected chi connectivity index (χ4v) is 1.29. The molecule has 0 aliphatic rings. The standard InChI is InChI=1S/C8H19NOS/c9-6-3-1-2-4-8(11)5-7-10/h8,10-11H,1-7,9H2. The third-order valence-corrected chi connectivity index (χ3v) is 2.22. The molecule has 0 saturated carbocycles. The molecular formula is C8H19NOS. The van der Waals surface area contributed by atoms with E-state index in [1.165, 1.54) is 12.8 Å². The van der Waals surface area contributed by atoms with E-state index in [1.807, 2.05) is 0 Å². The van der Waals surface area contributed by atoms with E-state index in [9.17, 15) is 0 Å². The van der Waals surface area contributed by atoms with Gasteiger partial charge in [-0.2, -0.15) is 12.6 Å². The number of aliphatic hydroxyl groups is 1. The molecule has 0 heterocycles. The molecule has 0 fully saturated rings. The third-order valence-electron chi connectivity index (χ3n) is 1.70. The number of thiol groups is 1. The molecule has 11 heavy (non-hydrogen) atoms. The average molecular weight is 177 g/mol. The molecule has 68 valence electrons. The van der Waals surface area contributed by atoms with Crippen LogP contribution < -0.4 is 5.73 Å². The molecule has 2 nitrogen and oxygen atoms in total. The van der Waals surface area contributed by atoms with E-state index in [1.54, 1.807) is 0 Å². The molecule has 0 aromatic rings. The Hall–Kier alpha value is 0.270. The molecule has 0 aliphatic carbocycles. The quantitative estimate of drug-likeness (QED) is 0.404. The zero-order chi connectivity index (χ0) is 8.53. The van der Waals surface area contributed by atoms with Crippen molar-refractivity contribution in [2.75, 3.05) is 13.2 Å². The lowest BCUT2D eigenvalue weighted by atomic mass is 10.1. The molecule has 0 radical (unpaired) electrons. The maximum atomic E-state index is 8.57. The van der Waals surface area contributed by atoms with Crippen LogP contribution in [0.4, 0.5) is 0 Å². The maximum absolute atomic E-state index is 8.57. The van der Waals surface area contributed by atoms with Gasteiger partial charge < -0.3 is 10.8 Å². The Balaban J connectivity index is 2.97. The van der Waals surface area contributed by atoms with Crippen molar-refractivity contribution in [3.05, 3.63) is 0 Å². The van der Waals surface area contributed by atoms with E-state index in [2.05, 4.69) is 12.6 Å². The number of nitrogens with two attached hydrogens (primary N) is 1. The van der Waals surface area contributed by atoms with E-state index in [0.717, 1.165) is 25.8 Å². The summed E-state index contributed by atoms with van der Waals surface area (Å²) in [5.74, 6) is 0. The van der Waals surface area contributed by atoms with Crippen molar-refractivity contribution < 1.29 is 5.11 Å². The summed E-state index contributed by atoms with van der Waals surface area (Å²) in [6.45, 7) is 1.04. The highest BCUT2D eigenvalue weighted by Gasteiger charge is 2.00. The topological polar surface area (TPSA) is 46.2 Å². The monoisotopic (exact) mass is 177 g/mol.